The molecule has 1 saturated heterocycles. The number of likely N-dealkylation sites (tertiary alicyclic amines) is 1. The molecule has 96 valence electrons. The lowest BCUT2D eigenvalue weighted by Crippen LogP contribution is -2.41. The molecule has 3 fully saturated rings. The molecule has 3 aliphatic rings. The minimum Gasteiger partial charge on any atom is -0.342 e. The SMILES string of the molecule is CCCC1CCN(C(=O)C2CC3CC3C2)CC1. The van der Waals surface area contributed by atoms with Crippen molar-refractivity contribution in [2.45, 2.75) is 51.9 Å². The van der Waals surface area contributed by atoms with Crippen LogP contribution in [0.4, 0.5) is 0 Å². The van der Waals surface area contributed by atoms with Crippen LogP contribution < -0.4 is 0 Å². The Morgan fingerprint density at radius 1 is 1.12 bits per heavy atom. The molecule has 0 aromatic carbocycles. The van der Waals surface area contributed by atoms with Gasteiger partial charge in [-0.3, -0.25) is 4.79 Å². The molecule has 0 radical (unpaired) electrons. The van der Waals surface area contributed by atoms with Crippen molar-refractivity contribution in [2.75, 3.05) is 13.1 Å². The van der Waals surface area contributed by atoms with E-state index in [9.17, 15) is 4.79 Å². The zero-order chi connectivity index (χ0) is 11.8. The number of hydrogen-bond donors (Lipinski definition) is 0. The smallest absolute Gasteiger partial charge is 0.225 e. The summed E-state index contributed by atoms with van der Waals surface area (Å²) in [5, 5.41) is 0. The Kier molecular flexibility index (Phi) is 3.14. The van der Waals surface area contributed by atoms with Gasteiger partial charge in [-0.15, -0.1) is 0 Å². The molecule has 0 N–H and O–H groups in total. The van der Waals surface area contributed by atoms with E-state index in [1.54, 1.807) is 0 Å². The van der Waals surface area contributed by atoms with Crippen molar-refractivity contribution in [2.24, 2.45) is 23.7 Å². The minimum absolute atomic E-state index is 0.404. The first-order chi connectivity index (χ1) is 8.28. The third kappa shape index (κ3) is 2.36. The highest BCUT2D eigenvalue weighted by Gasteiger charge is 2.48. The maximum Gasteiger partial charge on any atom is 0.225 e. The van der Waals surface area contributed by atoms with Crippen molar-refractivity contribution in [3.05, 3.63) is 0 Å². The van der Waals surface area contributed by atoms with Crippen molar-refractivity contribution in [1.29, 1.82) is 0 Å². The number of carbonyl (C=O) groups is 1. The summed E-state index contributed by atoms with van der Waals surface area (Å²) in [6, 6.07) is 0. The van der Waals surface area contributed by atoms with Crippen molar-refractivity contribution >= 4 is 5.91 Å². The van der Waals surface area contributed by atoms with E-state index < -0.39 is 0 Å². The maximum atomic E-state index is 12.4. The predicted octanol–water partition coefficient (Wildman–Crippen LogP) is 3.07. The van der Waals surface area contributed by atoms with E-state index >= 15 is 0 Å². The highest BCUT2D eigenvalue weighted by molar-refractivity contribution is 5.79. The molecule has 2 aliphatic carbocycles. The van der Waals surface area contributed by atoms with Crippen LogP contribution in [0.5, 0.6) is 0 Å². The second-order valence-electron chi connectivity index (χ2n) is 6.48. The maximum absolute atomic E-state index is 12.4. The Labute approximate surface area is 105 Å². The molecule has 2 atom stereocenters. The van der Waals surface area contributed by atoms with Crippen molar-refractivity contribution in [3.8, 4) is 0 Å². The number of hydrogen-bond acceptors (Lipinski definition) is 1. The summed E-state index contributed by atoms with van der Waals surface area (Å²) in [4.78, 5) is 14.5. The van der Waals surface area contributed by atoms with E-state index in [0.717, 1.165) is 30.8 Å². The van der Waals surface area contributed by atoms with E-state index in [1.807, 2.05) is 0 Å². The van der Waals surface area contributed by atoms with Gasteiger partial charge in [0, 0.05) is 19.0 Å². The van der Waals surface area contributed by atoms with Gasteiger partial charge in [0.25, 0.3) is 0 Å². The minimum atomic E-state index is 0.404. The number of carbonyl (C=O) groups excluding carboxylic acids is 1. The zero-order valence-electron chi connectivity index (χ0n) is 11.0. The van der Waals surface area contributed by atoms with E-state index in [0.29, 0.717) is 11.8 Å². The van der Waals surface area contributed by atoms with Crippen LogP contribution >= 0.6 is 0 Å². The fraction of sp³-hybridized carbons (Fsp3) is 0.933. The monoisotopic (exact) mass is 235 g/mol. The van der Waals surface area contributed by atoms with Crippen LogP contribution in [-0.4, -0.2) is 23.9 Å². The van der Waals surface area contributed by atoms with E-state index in [4.69, 9.17) is 0 Å². The second-order valence-corrected chi connectivity index (χ2v) is 6.48. The summed E-state index contributed by atoms with van der Waals surface area (Å²) in [5.41, 5.74) is 0. The zero-order valence-corrected chi connectivity index (χ0v) is 11.0. The summed E-state index contributed by atoms with van der Waals surface area (Å²) >= 11 is 0. The van der Waals surface area contributed by atoms with Gasteiger partial charge in [0.05, 0.1) is 0 Å². The predicted molar refractivity (Wildman–Crippen MR) is 68.5 cm³/mol. The Bertz CT molecular complexity index is 283. The van der Waals surface area contributed by atoms with Gasteiger partial charge in [0.15, 0.2) is 0 Å². The van der Waals surface area contributed by atoms with Crippen LogP contribution in [0.3, 0.4) is 0 Å². The van der Waals surface area contributed by atoms with Crippen LogP contribution in [0.15, 0.2) is 0 Å². The Balaban J connectivity index is 1.47. The molecule has 2 saturated carbocycles. The van der Waals surface area contributed by atoms with Gasteiger partial charge in [-0.05, 0) is 49.9 Å². The third-order valence-electron chi connectivity index (χ3n) is 5.22. The first kappa shape index (κ1) is 11.6. The first-order valence-electron chi connectivity index (χ1n) is 7.56. The molecule has 1 heterocycles. The van der Waals surface area contributed by atoms with Gasteiger partial charge in [-0.25, -0.2) is 0 Å². The molecule has 2 unspecified atom stereocenters. The molecule has 3 rings (SSSR count). The van der Waals surface area contributed by atoms with Crippen LogP contribution in [0.1, 0.15) is 51.9 Å². The van der Waals surface area contributed by atoms with Crippen LogP contribution in [0, 0.1) is 23.7 Å². The van der Waals surface area contributed by atoms with Gasteiger partial charge in [0.1, 0.15) is 0 Å². The molecule has 1 aliphatic heterocycles. The summed E-state index contributed by atoms with van der Waals surface area (Å²) in [6.07, 6.45) is 8.98. The van der Waals surface area contributed by atoms with Gasteiger partial charge in [-0.2, -0.15) is 0 Å². The first-order valence-corrected chi connectivity index (χ1v) is 7.56. The Hall–Kier alpha value is -0.530. The van der Waals surface area contributed by atoms with E-state index in [2.05, 4.69) is 11.8 Å². The molecule has 0 aromatic heterocycles. The topological polar surface area (TPSA) is 20.3 Å². The Morgan fingerprint density at radius 2 is 1.76 bits per heavy atom. The number of amides is 1. The highest BCUT2D eigenvalue weighted by atomic mass is 16.2. The fourth-order valence-corrected chi connectivity index (χ4v) is 4.02. The molecule has 17 heavy (non-hydrogen) atoms. The quantitative estimate of drug-likeness (QED) is 0.736. The van der Waals surface area contributed by atoms with Crippen molar-refractivity contribution < 1.29 is 4.79 Å². The lowest BCUT2D eigenvalue weighted by Gasteiger charge is -2.33. The number of nitrogens with zero attached hydrogens (tertiary/aromatic N) is 1. The van der Waals surface area contributed by atoms with Gasteiger partial charge >= 0.3 is 0 Å². The second kappa shape index (κ2) is 4.62. The summed E-state index contributed by atoms with van der Waals surface area (Å²) < 4.78 is 0. The van der Waals surface area contributed by atoms with Crippen molar-refractivity contribution in [3.63, 3.8) is 0 Å². The van der Waals surface area contributed by atoms with Gasteiger partial charge in [-0.1, -0.05) is 19.8 Å². The summed E-state index contributed by atoms with van der Waals surface area (Å²) in [7, 11) is 0. The normalized spacial score (nSPS) is 37.0. The molecule has 1 amide bonds. The molecule has 0 aromatic rings. The molecule has 0 spiro atoms. The standard InChI is InChI=1S/C15H25NO/c1-2-3-11-4-6-16(7-5-11)15(17)14-9-12-8-13(12)10-14/h11-14H,2-10H2,1H3. The van der Waals surface area contributed by atoms with Gasteiger partial charge in [0.2, 0.25) is 5.91 Å². The third-order valence-corrected chi connectivity index (χ3v) is 5.22. The average Bonchev–Trinajstić information content (AvgIpc) is 2.97. The van der Waals surface area contributed by atoms with Crippen LogP contribution in [-0.2, 0) is 4.79 Å². The van der Waals surface area contributed by atoms with Crippen LogP contribution in [0.2, 0.25) is 0 Å². The lowest BCUT2D eigenvalue weighted by atomic mass is 9.91. The largest absolute Gasteiger partial charge is 0.342 e. The van der Waals surface area contributed by atoms with Crippen LogP contribution in [0.25, 0.3) is 0 Å². The molecular weight excluding hydrogens is 210 g/mol. The summed E-state index contributed by atoms with van der Waals surface area (Å²) in [6.45, 7) is 4.34. The molecule has 2 nitrogen and oxygen atoms in total. The number of piperidine rings is 1. The van der Waals surface area contributed by atoms with Gasteiger partial charge < -0.3 is 4.90 Å². The molecular formula is C15H25NO. The van der Waals surface area contributed by atoms with E-state index in [1.165, 1.54) is 44.9 Å². The van der Waals surface area contributed by atoms with Crippen molar-refractivity contribution in [1.82, 2.24) is 4.90 Å². The number of fused-ring (bicyclic) bond motifs is 1. The fourth-order valence-electron chi connectivity index (χ4n) is 4.02. The van der Waals surface area contributed by atoms with E-state index in [-0.39, 0.29) is 0 Å². The highest BCUT2D eigenvalue weighted by Crippen LogP contribution is 2.54. The lowest BCUT2D eigenvalue weighted by molar-refractivity contribution is -0.137. The average molecular weight is 235 g/mol. The molecule has 2 heteroatoms. The Morgan fingerprint density at radius 3 is 2.35 bits per heavy atom. The molecule has 0 bridgehead atoms. The number of rotatable bonds is 3. The summed E-state index contributed by atoms with van der Waals surface area (Å²) in [5.74, 6) is 3.65.